The lowest BCUT2D eigenvalue weighted by molar-refractivity contribution is -0.130. The van der Waals surface area contributed by atoms with Gasteiger partial charge in [0.1, 0.15) is 0 Å². The van der Waals surface area contributed by atoms with Gasteiger partial charge >= 0.3 is 0 Å². The zero-order valence-electron chi connectivity index (χ0n) is 9.72. The lowest BCUT2D eigenvalue weighted by Gasteiger charge is -2.31. The molecule has 0 bridgehead atoms. The minimum atomic E-state index is 0.208. The Morgan fingerprint density at radius 2 is 2.25 bits per heavy atom. The Kier molecular flexibility index (Phi) is 3.54. The van der Waals surface area contributed by atoms with Crippen LogP contribution in [-0.4, -0.2) is 28.9 Å². The van der Waals surface area contributed by atoms with E-state index in [1.807, 2.05) is 23.4 Å². The van der Waals surface area contributed by atoms with Crippen LogP contribution in [0.25, 0.3) is 0 Å². The van der Waals surface area contributed by atoms with Crippen LogP contribution in [0.15, 0.2) is 24.5 Å². The van der Waals surface area contributed by atoms with E-state index >= 15 is 0 Å². The maximum absolute atomic E-state index is 11.2. The van der Waals surface area contributed by atoms with Crippen molar-refractivity contribution in [3.8, 4) is 0 Å². The van der Waals surface area contributed by atoms with Gasteiger partial charge in [-0.25, -0.2) is 0 Å². The molecule has 1 aromatic rings. The standard InChI is InChI=1S/C13H18N2O/c1-11(16)15-7-4-12(5-8-15)9-13-3-2-6-14-10-13/h2-3,6,10,12H,4-5,7-9H2,1H3. The van der Waals surface area contributed by atoms with E-state index in [4.69, 9.17) is 0 Å². The topological polar surface area (TPSA) is 33.2 Å². The van der Waals surface area contributed by atoms with Crippen molar-refractivity contribution >= 4 is 5.91 Å². The van der Waals surface area contributed by atoms with Crippen LogP contribution in [0.5, 0.6) is 0 Å². The Morgan fingerprint density at radius 1 is 1.50 bits per heavy atom. The fourth-order valence-electron chi connectivity index (χ4n) is 2.30. The fourth-order valence-corrected chi connectivity index (χ4v) is 2.30. The molecule has 1 amide bonds. The van der Waals surface area contributed by atoms with Crippen LogP contribution in [0, 0.1) is 5.92 Å². The van der Waals surface area contributed by atoms with Gasteiger partial charge in [0.25, 0.3) is 0 Å². The van der Waals surface area contributed by atoms with Crippen molar-refractivity contribution in [2.24, 2.45) is 5.92 Å². The summed E-state index contributed by atoms with van der Waals surface area (Å²) in [6.45, 7) is 3.49. The molecule has 0 aromatic carbocycles. The Hall–Kier alpha value is -1.38. The highest BCUT2D eigenvalue weighted by atomic mass is 16.2. The molecule has 1 aliphatic heterocycles. The molecule has 1 saturated heterocycles. The van der Waals surface area contributed by atoms with Gasteiger partial charge in [0.05, 0.1) is 0 Å². The highest BCUT2D eigenvalue weighted by Crippen LogP contribution is 2.21. The van der Waals surface area contributed by atoms with E-state index in [9.17, 15) is 4.79 Å². The predicted octanol–water partition coefficient (Wildman–Crippen LogP) is 1.88. The molecule has 2 rings (SSSR count). The number of likely N-dealkylation sites (tertiary alicyclic amines) is 1. The molecular formula is C13H18N2O. The van der Waals surface area contributed by atoms with Crippen LogP contribution < -0.4 is 0 Å². The summed E-state index contributed by atoms with van der Waals surface area (Å²) in [6.07, 6.45) is 7.09. The summed E-state index contributed by atoms with van der Waals surface area (Å²) in [5, 5.41) is 0. The first-order valence-electron chi connectivity index (χ1n) is 5.90. The third-order valence-corrected chi connectivity index (χ3v) is 3.31. The molecule has 0 saturated carbocycles. The predicted molar refractivity (Wildman–Crippen MR) is 62.9 cm³/mol. The molecule has 0 N–H and O–H groups in total. The highest BCUT2D eigenvalue weighted by Gasteiger charge is 2.20. The van der Waals surface area contributed by atoms with Gasteiger partial charge in [0.15, 0.2) is 0 Å². The van der Waals surface area contributed by atoms with Crippen molar-refractivity contribution in [1.82, 2.24) is 9.88 Å². The molecule has 0 atom stereocenters. The van der Waals surface area contributed by atoms with Crippen molar-refractivity contribution in [3.05, 3.63) is 30.1 Å². The van der Waals surface area contributed by atoms with Crippen LogP contribution in [0.2, 0.25) is 0 Å². The maximum Gasteiger partial charge on any atom is 0.219 e. The molecule has 16 heavy (non-hydrogen) atoms. The second-order valence-electron chi connectivity index (χ2n) is 4.51. The molecule has 86 valence electrons. The van der Waals surface area contributed by atoms with Crippen molar-refractivity contribution in [2.75, 3.05) is 13.1 Å². The highest BCUT2D eigenvalue weighted by molar-refractivity contribution is 5.73. The van der Waals surface area contributed by atoms with Gasteiger partial charge in [-0.1, -0.05) is 6.07 Å². The van der Waals surface area contributed by atoms with E-state index in [1.54, 1.807) is 6.92 Å². The number of piperidine rings is 1. The number of carbonyl (C=O) groups excluding carboxylic acids is 1. The Bertz CT molecular complexity index is 342. The number of aromatic nitrogens is 1. The second kappa shape index (κ2) is 5.10. The van der Waals surface area contributed by atoms with Gasteiger partial charge in [0.2, 0.25) is 5.91 Å². The summed E-state index contributed by atoms with van der Waals surface area (Å²) in [4.78, 5) is 17.3. The van der Waals surface area contributed by atoms with Crippen LogP contribution in [0.1, 0.15) is 25.3 Å². The lowest BCUT2D eigenvalue weighted by Crippen LogP contribution is -2.37. The average Bonchev–Trinajstić information content (AvgIpc) is 2.31. The van der Waals surface area contributed by atoms with E-state index in [0.717, 1.165) is 32.4 Å². The first-order valence-corrected chi connectivity index (χ1v) is 5.90. The molecule has 0 aliphatic carbocycles. The van der Waals surface area contributed by atoms with Crippen molar-refractivity contribution in [1.29, 1.82) is 0 Å². The third kappa shape index (κ3) is 2.81. The van der Waals surface area contributed by atoms with E-state index in [1.165, 1.54) is 5.56 Å². The maximum atomic E-state index is 11.2. The van der Waals surface area contributed by atoms with E-state index in [0.29, 0.717) is 5.92 Å². The normalized spacial score (nSPS) is 17.4. The summed E-state index contributed by atoms with van der Waals surface area (Å²) in [6, 6.07) is 4.12. The van der Waals surface area contributed by atoms with E-state index in [-0.39, 0.29) is 5.91 Å². The van der Waals surface area contributed by atoms with E-state index < -0.39 is 0 Å². The molecule has 0 unspecified atom stereocenters. The monoisotopic (exact) mass is 218 g/mol. The molecule has 3 heteroatoms. The van der Waals surface area contributed by atoms with Gasteiger partial charge in [0, 0.05) is 32.4 Å². The first-order chi connectivity index (χ1) is 7.75. The SMILES string of the molecule is CC(=O)N1CCC(Cc2cccnc2)CC1. The van der Waals surface area contributed by atoms with Crippen molar-refractivity contribution < 1.29 is 4.79 Å². The zero-order chi connectivity index (χ0) is 11.4. The Labute approximate surface area is 96.5 Å². The average molecular weight is 218 g/mol. The third-order valence-electron chi connectivity index (χ3n) is 3.31. The smallest absolute Gasteiger partial charge is 0.219 e. The summed E-state index contributed by atoms with van der Waals surface area (Å²) >= 11 is 0. The Balaban J connectivity index is 1.84. The molecule has 0 radical (unpaired) electrons. The van der Waals surface area contributed by atoms with Crippen molar-refractivity contribution in [2.45, 2.75) is 26.2 Å². The number of hydrogen-bond acceptors (Lipinski definition) is 2. The summed E-state index contributed by atoms with van der Waals surface area (Å²) < 4.78 is 0. The van der Waals surface area contributed by atoms with Crippen molar-refractivity contribution in [3.63, 3.8) is 0 Å². The van der Waals surface area contributed by atoms with Gasteiger partial charge in [-0.15, -0.1) is 0 Å². The van der Waals surface area contributed by atoms with Gasteiger partial charge in [-0.05, 0) is 36.8 Å². The zero-order valence-corrected chi connectivity index (χ0v) is 9.72. The first kappa shape index (κ1) is 11.1. The molecule has 1 aromatic heterocycles. The van der Waals surface area contributed by atoms with Crippen LogP contribution >= 0.6 is 0 Å². The molecule has 1 aliphatic rings. The number of pyridine rings is 1. The number of hydrogen-bond donors (Lipinski definition) is 0. The summed E-state index contributed by atoms with van der Waals surface area (Å²) in [5.41, 5.74) is 1.31. The molecule has 2 heterocycles. The Morgan fingerprint density at radius 3 is 2.81 bits per heavy atom. The molecule has 1 fully saturated rings. The van der Waals surface area contributed by atoms with Gasteiger partial charge < -0.3 is 4.90 Å². The molecule has 0 spiro atoms. The molecule has 3 nitrogen and oxygen atoms in total. The van der Waals surface area contributed by atoms with Crippen LogP contribution in [0.3, 0.4) is 0 Å². The van der Waals surface area contributed by atoms with E-state index in [2.05, 4.69) is 11.1 Å². The molecular weight excluding hydrogens is 200 g/mol. The van der Waals surface area contributed by atoms with Crippen LogP contribution in [-0.2, 0) is 11.2 Å². The summed E-state index contributed by atoms with van der Waals surface area (Å²) in [5.74, 6) is 0.916. The number of amides is 1. The fraction of sp³-hybridized carbons (Fsp3) is 0.538. The number of nitrogens with zero attached hydrogens (tertiary/aromatic N) is 2. The second-order valence-corrected chi connectivity index (χ2v) is 4.51. The van der Waals surface area contributed by atoms with Gasteiger partial charge in [-0.2, -0.15) is 0 Å². The minimum absolute atomic E-state index is 0.208. The number of carbonyl (C=O) groups is 1. The van der Waals surface area contributed by atoms with Crippen LogP contribution in [0.4, 0.5) is 0 Å². The van der Waals surface area contributed by atoms with Gasteiger partial charge in [-0.3, -0.25) is 9.78 Å². The minimum Gasteiger partial charge on any atom is -0.343 e. The quantitative estimate of drug-likeness (QED) is 0.759. The number of rotatable bonds is 2. The largest absolute Gasteiger partial charge is 0.343 e. The lowest BCUT2D eigenvalue weighted by atomic mass is 9.91. The summed E-state index contributed by atoms with van der Waals surface area (Å²) in [7, 11) is 0.